The number of aromatic nitrogens is 2. The first-order valence-electron chi connectivity index (χ1n) is 11.3. The summed E-state index contributed by atoms with van der Waals surface area (Å²) in [5.41, 5.74) is 3.09. The molecule has 0 aliphatic carbocycles. The second-order valence-electron chi connectivity index (χ2n) is 8.24. The lowest BCUT2D eigenvalue weighted by atomic mass is 10.0. The maximum absolute atomic E-state index is 12.9. The highest BCUT2D eigenvalue weighted by atomic mass is 16.5. The van der Waals surface area contributed by atoms with Crippen LogP contribution in [0.1, 0.15) is 36.8 Å². The van der Waals surface area contributed by atoms with Crippen molar-refractivity contribution < 1.29 is 14.1 Å². The van der Waals surface area contributed by atoms with Crippen molar-refractivity contribution in [2.75, 3.05) is 13.7 Å². The standard InChI is InChI=1S/C27H29N3O3/c1-4-17-32-24-14-13-20-7-5-6-8-22(20)23(24)18-30(3)26(31)16-15-25-28-27(29-33-25)21-11-9-19(2)10-12-21/h5-14H,4,15-18H2,1-3H3. The van der Waals surface area contributed by atoms with E-state index < -0.39 is 0 Å². The monoisotopic (exact) mass is 443 g/mol. The van der Waals surface area contributed by atoms with Crippen molar-refractivity contribution in [1.82, 2.24) is 15.0 Å². The Morgan fingerprint density at radius 2 is 1.85 bits per heavy atom. The molecule has 4 aromatic rings. The molecule has 0 spiro atoms. The maximum atomic E-state index is 12.9. The molecule has 0 radical (unpaired) electrons. The Kier molecular flexibility index (Phi) is 7.03. The van der Waals surface area contributed by atoms with Crippen molar-refractivity contribution in [2.24, 2.45) is 0 Å². The Balaban J connectivity index is 1.43. The van der Waals surface area contributed by atoms with Gasteiger partial charge >= 0.3 is 0 Å². The molecule has 6 nitrogen and oxygen atoms in total. The number of nitrogens with zero attached hydrogens (tertiary/aromatic N) is 3. The fraction of sp³-hybridized carbons (Fsp3) is 0.296. The average molecular weight is 444 g/mol. The van der Waals surface area contributed by atoms with E-state index in [1.165, 1.54) is 5.56 Å². The smallest absolute Gasteiger partial charge is 0.227 e. The van der Waals surface area contributed by atoms with Gasteiger partial charge in [0.2, 0.25) is 17.6 Å². The SMILES string of the molecule is CCCOc1ccc2ccccc2c1CN(C)C(=O)CCc1nc(-c2ccc(C)cc2)no1. The predicted octanol–water partition coefficient (Wildman–Crippen LogP) is 5.58. The summed E-state index contributed by atoms with van der Waals surface area (Å²) in [5, 5.41) is 6.29. The molecule has 0 bridgehead atoms. The lowest BCUT2D eigenvalue weighted by molar-refractivity contribution is -0.130. The Labute approximate surface area is 194 Å². The van der Waals surface area contributed by atoms with Gasteiger partial charge in [0.25, 0.3) is 0 Å². The zero-order valence-electron chi connectivity index (χ0n) is 19.4. The minimum absolute atomic E-state index is 0.0134. The van der Waals surface area contributed by atoms with Gasteiger partial charge in [-0.05, 0) is 30.2 Å². The second kappa shape index (κ2) is 10.3. The Hall–Kier alpha value is -3.67. The molecule has 0 aliphatic heterocycles. The van der Waals surface area contributed by atoms with Crippen LogP contribution in [0.3, 0.4) is 0 Å². The lowest BCUT2D eigenvalue weighted by Gasteiger charge is -2.21. The van der Waals surface area contributed by atoms with Crippen LogP contribution in [0, 0.1) is 6.92 Å². The van der Waals surface area contributed by atoms with Crippen LogP contribution in [0.25, 0.3) is 22.2 Å². The van der Waals surface area contributed by atoms with E-state index in [1.807, 2.05) is 56.4 Å². The molecule has 1 aromatic heterocycles. The van der Waals surface area contributed by atoms with E-state index in [9.17, 15) is 4.79 Å². The number of hydrogen-bond acceptors (Lipinski definition) is 5. The fourth-order valence-electron chi connectivity index (χ4n) is 3.73. The first kappa shape index (κ1) is 22.5. The van der Waals surface area contributed by atoms with Crippen LogP contribution in [0.15, 0.2) is 65.2 Å². The van der Waals surface area contributed by atoms with Crippen molar-refractivity contribution in [3.8, 4) is 17.1 Å². The number of aryl methyl sites for hydroxylation is 2. The zero-order chi connectivity index (χ0) is 23.2. The van der Waals surface area contributed by atoms with Gasteiger partial charge in [-0.2, -0.15) is 4.98 Å². The molecule has 1 heterocycles. The summed E-state index contributed by atoms with van der Waals surface area (Å²) in [4.78, 5) is 19.1. The van der Waals surface area contributed by atoms with Crippen LogP contribution < -0.4 is 4.74 Å². The molecule has 0 atom stereocenters. The molecular formula is C27H29N3O3. The van der Waals surface area contributed by atoms with Crippen LogP contribution in [0.4, 0.5) is 0 Å². The summed E-state index contributed by atoms with van der Waals surface area (Å²) >= 11 is 0. The number of carbonyl (C=O) groups excluding carboxylic acids is 1. The van der Waals surface area contributed by atoms with Crippen molar-refractivity contribution in [1.29, 1.82) is 0 Å². The van der Waals surface area contributed by atoms with E-state index in [2.05, 4.69) is 35.3 Å². The summed E-state index contributed by atoms with van der Waals surface area (Å²) in [6.45, 7) is 5.23. The summed E-state index contributed by atoms with van der Waals surface area (Å²) in [5.74, 6) is 1.85. The molecule has 170 valence electrons. The number of rotatable bonds is 9. The summed E-state index contributed by atoms with van der Waals surface area (Å²) in [6, 6.07) is 20.2. The molecular weight excluding hydrogens is 414 g/mol. The lowest BCUT2D eigenvalue weighted by Crippen LogP contribution is -2.26. The van der Waals surface area contributed by atoms with Gasteiger partial charge < -0.3 is 14.2 Å². The van der Waals surface area contributed by atoms with E-state index >= 15 is 0 Å². The van der Waals surface area contributed by atoms with Crippen LogP contribution >= 0.6 is 0 Å². The highest BCUT2D eigenvalue weighted by molar-refractivity contribution is 5.88. The molecule has 6 heteroatoms. The topological polar surface area (TPSA) is 68.5 Å². The van der Waals surface area contributed by atoms with E-state index in [0.29, 0.717) is 37.7 Å². The third kappa shape index (κ3) is 5.40. The Morgan fingerprint density at radius 1 is 1.06 bits per heavy atom. The second-order valence-corrected chi connectivity index (χ2v) is 8.24. The molecule has 33 heavy (non-hydrogen) atoms. The minimum atomic E-state index is 0.0134. The van der Waals surface area contributed by atoms with E-state index in [1.54, 1.807) is 4.90 Å². The first-order chi connectivity index (χ1) is 16.0. The highest BCUT2D eigenvalue weighted by Crippen LogP contribution is 2.29. The number of hydrogen-bond donors (Lipinski definition) is 0. The predicted molar refractivity (Wildman–Crippen MR) is 129 cm³/mol. The fourth-order valence-corrected chi connectivity index (χ4v) is 3.73. The van der Waals surface area contributed by atoms with Crippen LogP contribution in [-0.4, -0.2) is 34.6 Å². The quantitative estimate of drug-likeness (QED) is 0.338. The van der Waals surface area contributed by atoms with Gasteiger partial charge in [0, 0.05) is 37.6 Å². The van der Waals surface area contributed by atoms with Crippen molar-refractivity contribution in [2.45, 2.75) is 39.7 Å². The minimum Gasteiger partial charge on any atom is -0.493 e. The van der Waals surface area contributed by atoms with Crippen molar-refractivity contribution in [3.05, 3.63) is 77.7 Å². The van der Waals surface area contributed by atoms with E-state index in [0.717, 1.165) is 34.1 Å². The Bertz CT molecular complexity index is 1230. The third-order valence-electron chi connectivity index (χ3n) is 5.61. The molecule has 0 saturated carbocycles. The highest BCUT2D eigenvalue weighted by Gasteiger charge is 2.17. The Morgan fingerprint density at radius 3 is 2.64 bits per heavy atom. The number of fused-ring (bicyclic) bond motifs is 1. The molecule has 0 N–H and O–H groups in total. The summed E-state index contributed by atoms with van der Waals surface area (Å²) in [7, 11) is 1.82. The first-order valence-corrected chi connectivity index (χ1v) is 11.3. The van der Waals surface area contributed by atoms with Gasteiger partial charge in [-0.15, -0.1) is 0 Å². The third-order valence-corrected chi connectivity index (χ3v) is 5.61. The van der Waals surface area contributed by atoms with E-state index in [4.69, 9.17) is 9.26 Å². The van der Waals surface area contributed by atoms with Crippen molar-refractivity contribution in [3.63, 3.8) is 0 Å². The zero-order valence-corrected chi connectivity index (χ0v) is 19.4. The van der Waals surface area contributed by atoms with Crippen molar-refractivity contribution >= 4 is 16.7 Å². The summed E-state index contributed by atoms with van der Waals surface area (Å²) < 4.78 is 11.4. The van der Waals surface area contributed by atoms with Crippen LogP contribution in [0.5, 0.6) is 5.75 Å². The number of carbonyl (C=O) groups is 1. The maximum Gasteiger partial charge on any atom is 0.227 e. The largest absolute Gasteiger partial charge is 0.493 e. The van der Waals surface area contributed by atoms with Gasteiger partial charge in [-0.25, -0.2) is 0 Å². The van der Waals surface area contributed by atoms with Gasteiger partial charge in [0.1, 0.15) is 5.75 Å². The number of amides is 1. The van der Waals surface area contributed by atoms with Crippen LogP contribution in [0.2, 0.25) is 0 Å². The molecule has 1 amide bonds. The van der Waals surface area contributed by atoms with Gasteiger partial charge in [0.15, 0.2) is 0 Å². The number of ether oxygens (including phenoxy) is 1. The van der Waals surface area contributed by atoms with E-state index in [-0.39, 0.29) is 5.91 Å². The van der Waals surface area contributed by atoms with Gasteiger partial charge in [0.05, 0.1) is 6.61 Å². The normalized spacial score (nSPS) is 11.0. The summed E-state index contributed by atoms with van der Waals surface area (Å²) in [6.07, 6.45) is 1.62. The van der Waals surface area contributed by atoms with Gasteiger partial charge in [-0.1, -0.05) is 72.2 Å². The van der Waals surface area contributed by atoms with Gasteiger partial charge in [-0.3, -0.25) is 4.79 Å². The molecule has 0 unspecified atom stereocenters. The molecule has 4 rings (SSSR count). The average Bonchev–Trinajstić information content (AvgIpc) is 3.31. The molecule has 0 saturated heterocycles. The number of benzene rings is 3. The van der Waals surface area contributed by atoms with Crippen LogP contribution in [-0.2, 0) is 17.8 Å². The molecule has 0 fully saturated rings. The molecule has 3 aromatic carbocycles. The molecule has 0 aliphatic rings.